The lowest BCUT2D eigenvalue weighted by atomic mass is 10.1. The Morgan fingerprint density at radius 1 is 1.06 bits per heavy atom. The van der Waals surface area contributed by atoms with Crippen LogP contribution >= 0.6 is 0 Å². The van der Waals surface area contributed by atoms with Gasteiger partial charge in [0.05, 0.1) is 18.5 Å². The van der Waals surface area contributed by atoms with E-state index < -0.39 is 0 Å². The third-order valence-electron chi connectivity index (χ3n) is 5.10. The van der Waals surface area contributed by atoms with Gasteiger partial charge in [-0.1, -0.05) is 18.2 Å². The van der Waals surface area contributed by atoms with Crippen LogP contribution in [0.4, 0.5) is 0 Å². The molecule has 156 valence electrons. The second-order valence-corrected chi connectivity index (χ2v) is 7.39. The van der Waals surface area contributed by atoms with Crippen LogP contribution in [0.2, 0.25) is 0 Å². The van der Waals surface area contributed by atoms with E-state index in [9.17, 15) is 4.79 Å². The number of pyridine rings is 1. The molecule has 6 heteroatoms. The van der Waals surface area contributed by atoms with Crippen LogP contribution in [0.15, 0.2) is 73.1 Å². The third-order valence-corrected chi connectivity index (χ3v) is 5.10. The number of nitrogens with one attached hydrogen (secondary N) is 1. The molecular formula is C25H24N4O2. The highest BCUT2D eigenvalue weighted by atomic mass is 16.5. The Labute approximate surface area is 181 Å². The highest BCUT2D eigenvalue weighted by Crippen LogP contribution is 2.25. The van der Waals surface area contributed by atoms with E-state index in [4.69, 9.17) is 9.84 Å². The summed E-state index contributed by atoms with van der Waals surface area (Å²) in [6.45, 7) is 4.43. The fourth-order valence-corrected chi connectivity index (χ4v) is 3.35. The summed E-state index contributed by atoms with van der Waals surface area (Å²) in [4.78, 5) is 17.2. The highest BCUT2D eigenvalue weighted by Gasteiger charge is 2.19. The normalized spacial score (nSPS) is 10.7. The summed E-state index contributed by atoms with van der Waals surface area (Å²) in [6.07, 6.45) is 3.45. The Morgan fingerprint density at radius 2 is 1.87 bits per heavy atom. The summed E-state index contributed by atoms with van der Waals surface area (Å²) in [7, 11) is 1.63. The van der Waals surface area contributed by atoms with Gasteiger partial charge in [-0.15, -0.1) is 0 Å². The second kappa shape index (κ2) is 8.83. The average Bonchev–Trinajstić information content (AvgIpc) is 3.25. The largest absolute Gasteiger partial charge is 0.497 e. The number of nitrogens with zero attached hydrogens (tertiary/aromatic N) is 3. The number of aryl methyl sites for hydroxylation is 2. The number of ether oxygens (including phenoxy) is 1. The van der Waals surface area contributed by atoms with Crippen molar-refractivity contribution in [3.63, 3.8) is 0 Å². The maximum atomic E-state index is 13.1. The molecule has 0 spiro atoms. The molecule has 0 aliphatic carbocycles. The summed E-state index contributed by atoms with van der Waals surface area (Å²) in [5.74, 6) is 0.573. The molecule has 0 saturated heterocycles. The van der Waals surface area contributed by atoms with Crippen molar-refractivity contribution >= 4 is 5.91 Å². The minimum atomic E-state index is -0.197. The zero-order valence-electron chi connectivity index (χ0n) is 17.8. The number of carbonyl (C=O) groups is 1. The first-order valence-electron chi connectivity index (χ1n) is 10.0. The molecule has 0 radical (unpaired) electrons. The maximum absolute atomic E-state index is 13.1. The average molecular weight is 412 g/mol. The molecule has 1 amide bonds. The third kappa shape index (κ3) is 4.48. The van der Waals surface area contributed by atoms with E-state index in [2.05, 4.69) is 16.4 Å². The first-order chi connectivity index (χ1) is 15.0. The molecule has 4 aromatic rings. The van der Waals surface area contributed by atoms with Crippen LogP contribution < -0.4 is 10.1 Å². The van der Waals surface area contributed by atoms with Gasteiger partial charge in [0.15, 0.2) is 0 Å². The molecule has 2 heterocycles. The van der Waals surface area contributed by atoms with E-state index in [0.717, 1.165) is 39.4 Å². The predicted octanol–water partition coefficient (Wildman–Crippen LogP) is 4.49. The van der Waals surface area contributed by atoms with Crippen LogP contribution in [0.1, 0.15) is 27.2 Å². The Kier molecular flexibility index (Phi) is 5.80. The molecule has 0 aliphatic rings. The number of rotatable bonds is 6. The molecule has 0 fully saturated rings. The Morgan fingerprint density at radius 3 is 2.58 bits per heavy atom. The standard InChI is InChI=1S/C25H24N4O2/c1-17-6-7-18(2)23(13-17)29-24(25(30)27-16-19-5-4-12-26-15-19)14-22(28-29)20-8-10-21(31-3)11-9-20/h4-15H,16H2,1-3H3,(H,27,30). The van der Waals surface area contributed by atoms with Gasteiger partial charge in [0.1, 0.15) is 11.4 Å². The van der Waals surface area contributed by atoms with Gasteiger partial charge in [-0.25, -0.2) is 4.68 Å². The van der Waals surface area contributed by atoms with Crippen molar-refractivity contribution in [2.45, 2.75) is 20.4 Å². The van der Waals surface area contributed by atoms with E-state index in [1.165, 1.54) is 0 Å². The smallest absolute Gasteiger partial charge is 0.270 e. The van der Waals surface area contributed by atoms with Crippen LogP contribution in [0.3, 0.4) is 0 Å². The number of aromatic nitrogens is 3. The molecule has 31 heavy (non-hydrogen) atoms. The lowest BCUT2D eigenvalue weighted by Gasteiger charge is -2.11. The minimum Gasteiger partial charge on any atom is -0.497 e. The van der Waals surface area contributed by atoms with Gasteiger partial charge in [0, 0.05) is 24.5 Å². The summed E-state index contributed by atoms with van der Waals surface area (Å²) < 4.78 is 6.97. The van der Waals surface area contributed by atoms with Gasteiger partial charge in [0.2, 0.25) is 0 Å². The Bertz CT molecular complexity index is 1200. The summed E-state index contributed by atoms with van der Waals surface area (Å²) in [5.41, 5.74) is 6.06. The second-order valence-electron chi connectivity index (χ2n) is 7.39. The van der Waals surface area contributed by atoms with Crippen LogP contribution in [0.25, 0.3) is 16.9 Å². The van der Waals surface area contributed by atoms with Gasteiger partial charge in [0.25, 0.3) is 5.91 Å². The molecule has 0 aliphatic heterocycles. The number of carbonyl (C=O) groups excluding carboxylic acids is 1. The van der Waals surface area contributed by atoms with Crippen LogP contribution in [0, 0.1) is 13.8 Å². The lowest BCUT2D eigenvalue weighted by Crippen LogP contribution is -2.25. The zero-order chi connectivity index (χ0) is 21.8. The molecule has 1 N–H and O–H groups in total. The highest BCUT2D eigenvalue weighted by molar-refractivity contribution is 5.94. The van der Waals surface area contributed by atoms with E-state index in [1.54, 1.807) is 24.2 Å². The van der Waals surface area contributed by atoms with Crippen molar-refractivity contribution in [1.29, 1.82) is 0 Å². The Balaban J connectivity index is 1.73. The minimum absolute atomic E-state index is 0.197. The van der Waals surface area contributed by atoms with Crippen molar-refractivity contribution in [3.8, 4) is 22.7 Å². The molecular weight excluding hydrogens is 388 g/mol. The van der Waals surface area contributed by atoms with E-state index in [-0.39, 0.29) is 5.91 Å². The van der Waals surface area contributed by atoms with Crippen molar-refractivity contribution in [2.24, 2.45) is 0 Å². The first kappa shape index (κ1) is 20.3. The molecule has 2 aromatic heterocycles. The quantitative estimate of drug-likeness (QED) is 0.507. The fourth-order valence-electron chi connectivity index (χ4n) is 3.35. The van der Waals surface area contributed by atoms with Gasteiger partial charge < -0.3 is 10.1 Å². The first-order valence-corrected chi connectivity index (χ1v) is 10.0. The number of hydrogen-bond acceptors (Lipinski definition) is 4. The summed E-state index contributed by atoms with van der Waals surface area (Å²) in [6, 6.07) is 19.4. The maximum Gasteiger partial charge on any atom is 0.270 e. The van der Waals surface area contributed by atoms with Gasteiger partial charge in [-0.2, -0.15) is 5.10 Å². The lowest BCUT2D eigenvalue weighted by molar-refractivity contribution is 0.0943. The molecule has 0 saturated carbocycles. The molecule has 0 atom stereocenters. The van der Waals surface area contributed by atoms with Crippen molar-refractivity contribution in [2.75, 3.05) is 7.11 Å². The van der Waals surface area contributed by atoms with Crippen LogP contribution in [0.5, 0.6) is 5.75 Å². The molecule has 6 nitrogen and oxygen atoms in total. The molecule has 2 aromatic carbocycles. The van der Waals surface area contributed by atoms with Crippen molar-refractivity contribution < 1.29 is 9.53 Å². The van der Waals surface area contributed by atoms with Gasteiger partial charge in [-0.05, 0) is 73.0 Å². The van der Waals surface area contributed by atoms with E-state index >= 15 is 0 Å². The van der Waals surface area contributed by atoms with Crippen molar-refractivity contribution in [1.82, 2.24) is 20.1 Å². The van der Waals surface area contributed by atoms with E-state index in [1.807, 2.05) is 68.4 Å². The molecule has 4 rings (SSSR count). The number of amides is 1. The SMILES string of the molecule is COc1ccc(-c2cc(C(=O)NCc3cccnc3)n(-c3cc(C)ccc3C)n2)cc1. The van der Waals surface area contributed by atoms with Crippen LogP contribution in [-0.4, -0.2) is 27.8 Å². The van der Waals surface area contributed by atoms with Gasteiger partial charge >= 0.3 is 0 Å². The monoisotopic (exact) mass is 412 g/mol. The van der Waals surface area contributed by atoms with Gasteiger partial charge in [-0.3, -0.25) is 9.78 Å². The number of hydrogen-bond donors (Lipinski definition) is 1. The number of methoxy groups -OCH3 is 1. The van der Waals surface area contributed by atoms with E-state index in [0.29, 0.717) is 12.2 Å². The van der Waals surface area contributed by atoms with Crippen molar-refractivity contribution in [3.05, 3.63) is 95.4 Å². The Hall–Kier alpha value is -3.93. The summed E-state index contributed by atoms with van der Waals surface area (Å²) in [5, 5.41) is 7.77. The topological polar surface area (TPSA) is 69.0 Å². The summed E-state index contributed by atoms with van der Waals surface area (Å²) >= 11 is 0. The predicted molar refractivity (Wildman–Crippen MR) is 120 cm³/mol. The number of benzene rings is 2. The zero-order valence-corrected chi connectivity index (χ0v) is 17.8. The van der Waals surface area contributed by atoms with Crippen LogP contribution in [-0.2, 0) is 6.54 Å². The molecule has 0 unspecified atom stereocenters. The fraction of sp³-hybridized carbons (Fsp3) is 0.160. The molecule has 0 bridgehead atoms.